The molecule has 4 rings (SSSR count). The summed E-state index contributed by atoms with van der Waals surface area (Å²) in [6.45, 7) is 3.05. The molecule has 0 bridgehead atoms. The molecule has 0 saturated carbocycles. The molecule has 2 nitrogen and oxygen atoms in total. The highest BCUT2D eigenvalue weighted by molar-refractivity contribution is 5.52. The quantitative estimate of drug-likeness (QED) is 0.905. The maximum absolute atomic E-state index is 5.58. The smallest absolute Gasteiger partial charge is 0.122 e. The lowest BCUT2D eigenvalue weighted by molar-refractivity contribution is 0.357. The van der Waals surface area contributed by atoms with Crippen molar-refractivity contribution >= 4 is 5.69 Å². The van der Waals surface area contributed by atoms with Crippen LogP contribution in [0.1, 0.15) is 41.6 Å². The summed E-state index contributed by atoms with van der Waals surface area (Å²) >= 11 is 0. The molecule has 21 heavy (non-hydrogen) atoms. The van der Waals surface area contributed by atoms with Crippen molar-refractivity contribution in [2.45, 2.75) is 38.6 Å². The van der Waals surface area contributed by atoms with Crippen LogP contribution in [0.3, 0.4) is 0 Å². The van der Waals surface area contributed by atoms with Gasteiger partial charge in [-0.1, -0.05) is 12.1 Å². The van der Waals surface area contributed by atoms with Gasteiger partial charge in [-0.05, 0) is 72.7 Å². The molecule has 1 aliphatic carbocycles. The molecular formula is C19H21NO. The topological polar surface area (TPSA) is 21.3 Å². The number of fused-ring (bicyclic) bond motifs is 2. The number of ether oxygens (including phenoxy) is 1. The Hall–Kier alpha value is -1.96. The largest absolute Gasteiger partial charge is 0.493 e. The lowest BCUT2D eigenvalue weighted by Gasteiger charge is -2.17. The number of nitrogens with one attached hydrogen (secondary N) is 1. The van der Waals surface area contributed by atoms with Crippen molar-refractivity contribution in [1.82, 2.24) is 0 Å². The van der Waals surface area contributed by atoms with Crippen molar-refractivity contribution < 1.29 is 4.74 Å². The zero-order valence-corrected chi connectivity index (χ0v) is 12.5. The Morgan fingerprint density at radius 2 is 1.86 bits per heavy atom. The van der Waals surface area contributed by atoms with E-state index in [1.807, 2.05) is 0 Å². The average molecular weight is 279 g/mol. The number of rotatable bonds is 3. The van der Waals surface area contributed by atoms with Gasteiger partial charge in [-0.15, -0.1) is 0 Å². The molecule has 1 unspecified atom stereocenters. The van der Waals surface area contributed by atoms with Crippen molar-refractivity contribution in [1.29, 1.82) is 0 Å². The van der Waals surface area contributed by atoms with Gasteiger partial charge in [0.2, 0.25) is 0 Å². The molecule has 0 amide bonds. The van der Waals surface area contributed by atoms with Gasteiger partial charge in [0.25, 0.3) is 0 Å². The Bertz CT molecular complexity index is 677. The molecule has 2 aliphatic rings. The number of anilines is 1. The molecule has 0 fully saturated rings. The molecule has 2 aromatic carbocycles. The standard InChI is InChI=1S/C19H21NO/c1-13(15-6-8-19-17(11-15)9-10-21-19)20-18-7-5-14-3-2-4-16(14)12-18/h5-8,11-13,20H,2-4,9-10H2,1H3. The summed E-state index contributed by atoms with van der Waals surface area (Å²) in [4.78, 5) is 0. The van der Waals surface area contributed by atoms with Crippen LogP contribution in [0.15, 0.2) is 36.4 Å². The van der Waals surface area contributed by atoms with Crippen molar-refractivity contribution in [2.24, 2.45) is 0 Å². The van der Waals surface area contributed by atoms with Crippen LogP contribution in [-0.4, -0.2) is 6.61 Å². The molecule has 0 radical (unpaired) electrons. The van der Waals surface area contributed by atoms with Gasteiger partial charge in [-0.3, -0.25) is 0 Å². The second-order valence-corrected chi connectivity index (χ2v) is 6.17. The van der Waals surface area contributed by atoms with Gasteiger partial charge in [0.05, 0.1) is 6.61 Å². The second kappa shape index (κ2) is 5.10. The number of hydrogen-bond donors (Lipinski definition) is 1. The Morgan fingerprint density at radius 3 is 2.81 bits per heavy atom. The predicted molar refractivity (Wildman–Crippen MR) is 86.1 cm³/mol. The van der Waals surface area contributed by atoms with Gasteiger partial charge in [-0.2, -0.15) is 0 Å². The van der Waals surface area contributed by atoms with Crippen LogP contribution in [0.5, 0.6) is 5.75 Å². The Labute approximate surface area is 126 Å². The van der Waals surface area contributed by atoms with Crippen LogP contribution >= 0.6 is 0 Å². The third kappa shape index (κ3) is 2.39. The predicted octanol–water partition coefficient (Wildman–Crippen LogP) is 4.28. The van der Waals surface area contributed by atoms with Crippen molar-refractivity contribution in [3.05, 3.63) is 58.7 Å². The van der Waals surface area contributed by atoms with Gasteiger partial charge >= 0.3 is 0 Å². The molecule has 108 valence electrons. The molecule has 0 saturated heterocycles. The SMILES string of the molecule is CC(Nc1ccc2c(c1)CCC2)c1ccc2c(c1)CCO2. The van der Waals surface area contributed by atoms with Crippen LogP contribution < -0.4 is 10.1 Å². The van der Waals surface area contributed by atoms with Gasteiger partial charge in [0.15, 0.2) is 0 Å². The van der Waals surface area contributed by atoms with Crippen LogP contribution in [0.4, 0.5) is 5.69 Å². The van der Waals surface area contributed by atoms with Crippen LogP contribution in [0, 0.1) is 0 Å². The highest BCUT2D eigenvalue weighted by Gasteiger charge is 2.15. The molecule has 2 heteroatoms. The van der Waals surface area contributed by atoms with Gasteiger partial charge in [0, 0.05) is 18.2 Å². The zero-order valence-electron chi connectivity index (χ0n) is 12.5. The molecule has 1 aliphatic heterocycles. The normalized spacial score (nSPS) is 17.0. The summed E-state index contributed by atoms with van der Waals surface area (Å²) in [5, 5.41) is 3.64. The Kier molecular flexibility index (Phi) is 3.10. The molecular weight excluding hydrogens is 258 g/mol. The number of hydrogen-bond acceptors (Lipinski definition) is 2. The maximum atomic E-state index is 5.58. The molecule has 1 heterocycles. The summed E-state index contributed by atoms with van der Waals surface area (Å²) < 4.78 is 5.58. The first-order chi connectivity index (χ1) is 10.3. The van der Waals surface area contributed by atoms with E-state index in [1.165, 1.54) is 47.2 Å². The lowest BCUT2D eigenvalue weighted by Crippen LogP contribution is -2.07. The summed E-state index contributed by atoms with van der Waals surface area (Å²) in [5.74, 6) is 1.06. The van der Waals surface area contributed by atoms with Crippen molar-refractivity contribution in [3.8, 4) is 5.75 Å². The molecule has 0 aromatic heterocycles. The van der Waals surface area contributed by atoms with Crippen LogP contribution in [0.2, 0.25) is 0 Å². The number of benzene rings is 2. The molecule has 2 aromatic rings. The van der Waals surface area contributed by atoms with Crippen molar-refractivity contribution in [3.63, 3.8) is 0 Å². The van der Waals surface area contributed by atoms with E-state index in [2.05, 4.69) is 48.6 Å². The minimum atomic E-state index is 0.315. The lowest BCUT2D eigenvalue weighted by atomic mass is 10.0. The maximum Gasteiger partial charge on any atom is 0.122 e. The van der Waals surface area contributed by atoms with Gasteiger partial charge in [-0.25, -0.2) is 0 Å². The summed E-state index contributed by atoms with van der Waals surface area (Å²) in [5.41, 5.74) is 6.96. The van der Waals surface area contributed by atoms with E-state index in [1.54, 1.807) is 0 Å². The molecule has 1 atom stereocenters. The van der Waals surface area contributed by atoms with Gasteiger partial charge in [0.1, 0.15) is 5.75 Å². The fourth-order valence-electron chi connectivity index (χ4n) is 3.47. The first-order valence-corrected chi connectivity index (χ1v) is 7.93. The first-order valence-electron chi connectivity index (χ1n) is 7.93. The van der Waals surface area contributed by atoms with E-state index in [4.69, 9.17) is 4.74 Å². The highest BCUT2D eigenvalue weighted by atomic mass is 16.5. The third-order valence-electron chi connectivity index (χ3n) is 4.70. The van der Waals surface area contributed by atoms with E-state index in [-0.39, 0.29) is 0 Å². The Balaban J connectivity index is 1.54. The minimum Gasteiger partial charge on any atom is -0.493 e. The minimum absolute atomic E-state index is 0.315. The first kappa shape index (κ1) is 12.8. The fourth-order valence-corrected chi connectivity index (χ4v) is 3.47. The molecule has 1 N–H and O–H groups in total. The average Bonchev–Trinajstić information content (AvgIpc) is 3.14. The highest BCUT2D eigenvalue weighted by Crippen LogP contribution is 2.30. The summed E-state index contributed by atoms with van der Waals surface area (Å²) in [6, 6.07) is 13.7. The molecule has 0 spiro atoms. The van der Waals surface area contributed by atoms with Crippen LogP contribution in [-0.2, 0) is 19.3 Å². The summed E-state index contributed by atoms with van der Waals surface area (Å²) in [6.07, 6.45) is 4.82. The number of aryl methyl sites for hydroxylation is 2. The van der Waals surface area contributed by atoms with Gasteiger partial charge < -0.3 is 10.1 Å². The van der Waals surface area contributed by atoms with E-state index in [9.17, 15) is 0 Å². The Morgan fingerprint density at radius 1 is 0.952 bits per heavy atom. The third-order valence-corrected chi connectivity index (χ3v) is 4.70. The zero-order chi connectivity index (χ0) is 14.2. The van der Waals surface area contributed by atoms with E-state index in [0.717, 1.165) is 18.8 Å². The van der Waals surface area contributed by atoms with Crippen LogP contribution in [0.25, 0.3) is 0 Å². The van der Waals surface area contributed by atoms with E-state index >= 15 is 0 Å². The summed E-state index contributed by atoms with van der Waals surface area (Å²) in [7, 11) is 0. The van der Waals surface area contributed by atoms with E-state index in [0.29, 0.717) is 6.04 Å². The second-order valence-electron chi connectivity index (χ2n) is 6.17. The van der Waals surface area contributed by atoms with Crippen molar-refractivity contribution in [2.75, 3.05) is 11.9 Å². The van der Waals surface area contributed by atoms with E-state index < -0.39 is 0 Å². The monoisotopic (exact) mass is 279 g/mol. The fraction of sp³-hybridized carbons (Fsp3) is 0.368.